The van der Waals surface area contributed by atoms with E-state index < -0.39 is 0 Å². The monoisotopic (exact) mass is 142 g/mol. The van der Waals surface area contributed by atoms with E-state index >= 15 is 0 Å². The zero-order chi connectivity index (χ0) is 6.97. The number of hydrogen-bond acceptors (Lipinski definition) is 2. The quantitative estimate of drug-likeness (QED) is 0.545. The molecule has 2 fully saturated rings. The molecule has 3 atom stereocenters. The molecule has 0 amide bonds. The first kappa shape index (κ1) is 6.62. The number of ether oxygens (including phenoxy) is 1. The van der Waals surface area contributed by atoms with Crippen molar-refractivity contribution in [2.75, 3.05) is 6.61 Å². The molecule has 1 saturated carbocycles. The summed E-state index contributed by atoms with van der Waals surface area (Å²) in [4.78, 5) is 0. The highest BCUT2D eigenvalue weighted by Crippen LogP contribution is 2.33. The van der Waals surface area contributed by atoms with Gasteiger partial charge in [-0.2, -0.15) is 0 Å². The SMILES string of the molecule is OC1CCC2OCCC2C1. The molecule has 0 aromatic rings. The number of aliphatic hydroxyl groups is 1. The van der Waals surface area contributed by atoms with Crippen LogP contribution in [0.5, 0.6) is 0 Å². The molecule has 1 aliphatic carbocycles. The van der Waals surface area contributed by atoms with E-state index in [1.54, 1.807) is 0 Å². The predicted octanol–water partition coefficient (Wildman–Crippen LogP) is 0.936. The molecule has 0 spiro atoms. The maximum atomic E-state index is 9.30. The first-order valence-corrected chi connectivity index (χ1v) is 4.16. The highest BCUT2D eigenvalue weighted by atomic mass is 16.5. The fourth-order valence-corrected chi connectivity index (χ4v) is 2.11. The maximum Gasteiger partial charge on any atom is 0.0606 e. The van der Waals surface area contributed by atoms with Crippen molar-refractivity contribution in [1.29, 1.82) is 0 Å². The summed E-state index contributed by atoms with van der Waals surface area (Å²) >= 11 is 0. The minimum absolute atomic E-state index is 0.0389. The van der Waals surface area contributed by atoms with Crippen LogP contribution >= 0.6 is 0 Å². The first-order chi connectivity index (χ1) is 4.86. The molecular weight excluding hydrogens is 128 g/mol. The van der Waals surface area contributed by atoms with Gasteiger partial charge in [-0.1, -0.05) is 0 Å². The van der Waals surface area contributed by atoms with Crippen molar-refractivity contribution in [3.63, 3.8) is 0 Å². The molecule has 1 heterocycles. The minimum Gasteiger partial charge on any atom is -0.393 e. The molecule has 0 aromatic heterocycles. The average Bonchev–Trinajstić information content (AvgIpc) is 2.33. The van der Waals surface area contributed by atoms with Gasteiger partial charge in [0.2, 0.25) is 0 Å². The molecule has 0 radical (unpaired) electrons. The van der Waals surface area contributed by atoms with Crippen LogP contribution in [0.1, 0.15) is 25.7 Å². The Hall–Kier alpha value is -0.0800. The largest absolute Gasteiger partial charge is 0.393 e. The van der Waals surface area contributed by atoms with Crippen LogP contribution in [0, 0.1) is 5.92 Å². The standard InChI is InChI=1S/C8H14O2/c9-7-1-2-8-6(5-7)3-4-10-8/h6-9H,1-5H2. The molecule has 1 saturated heterocycles. The van der Waals surface area contributed by atoms with Gasteiger partial charge < -0.3 is 9.84 Å². The molecule has 0 aromatic carbocycles. The van der Waals surface area contributed by atoms with Crippen molar-refractivity contribution in [3.05, 3.63) is 0 Å². The molecule has 58 valence electrons. The summed E-state index contributed by atoms with van der Waals surface area (Å²) in [6.07, 6.45) is 4.62. The molecule has 1 aliphatic heterocycles. The van der Waals surface area contributed by atoms with Gasteiger partial charge in [-0.3, -0.25) is 0 Å². The Morgan fingerprint density at radius 3 is 3.00 bits per heavy atom. The molecule has 2 nitrogen and oxygen atoms in total. The zero-order valence-corrected chi connectivity index (χ0v) is 6.12. The Balaban J connectivity index is 1.96. The Labute approximate surface area is 61.2 Å². The molecule has 10 heavy (non-hydrogen) atoms. The third-order valence-corrected chi connectivity index (χ3v) is 2.71. The van der Waals surface area contributed by atoms with E-state index in [4.69, 9.17) is 4.74 Å². The highest BCUT2D eigenvalue weighted by molar-refractivity contribution is 4.83. The topological polar surface area (TPSA) is 29.5 Å². The van der Waals surface area contributed by atoms with Crippen LogP contribution in [0.2, 0.25) is 0 Å². The second-order valence-corrected chi connectivity index (χ2v) is 3.42. The Morgan fingerprint density at radius 2 is 2.10 bits per heavy atom. The van der Waals surface area contributed by atoms with E-state index in [1.165, 1.54) is 6.42 Å². The van der Waals surface area contributed by atoms with Crippen LogP contribution in [0.15, 0.2) is 0 Å². The van der Waals surface area contributed by atoms with Crippen LogP contribution in [0.4, 0.5) is 0 Å². The predicted molar refractivity (Wildman–Crippen MR) is 37.7 cm³/mol. The fraction of sp³-hybridized carbons (Fsp3) is 1.00. The molecule has 2 aliphatic rings. The van der Waals surface area contributed by atoms with E-state index in [1.807, 2.05) is 0 Å². The average molecular weight is 142 g/mol. The lowest BCUT2D eigenvalue weighted by Gasteiger charge is -2.27. The van der Waals surface area contributed by atoms with Gasteiger partial charge in [0, 0.05) is 6.61 Å². The van der Waals surface area contributed by atoms with Gasteiger partial charge in [-0.05, 0) is 31.6 Å². The number of fused-ring (bicyclic) bond motifs is 1. The lowest BCUT2D eigenvalue weighted by atomic mass is 9.85. The lowest BCUT2D eigenvalue weighted by Crippen LogP contribution is -2.28. The summed E-state index contributed by atoms with van der Waals surface area (Å²) in [6, 6.07) is 0. The molecule has 1 N–H and O–H groups in total. The summed E-state index contributed by atoms with van der Waals surface area (Å²) in [7, 11) is 0. The summed E-state index contributed by atoms with van der Waals surface area (Å²) in [5.74, 6) is 0.670. The highest BCUT2D eigenvalue weighted by Gasteiger charge is 2.33. The van der Waals surface area contributed by atoms with Gasteiger partial charge in [0.25, 0.3) is 0 Å². The van der Waals surface area contributed by atoms with E-state index in [0.29, 0.717) is 12.0 Å². The van der Waals surface area contributed by atoms with Crippen molar-refractivity contribution in [2.45, 2.75) is 37.9 Å². The molecule has 3 unspecified atom stereocenters. The smallest absolute Gasteiger partial charge is 0.0606 e. The maximum absolute atomic E-state index is 9.30. The normalized spacial score (nSPS) is 47.1. The Kier molecular flexibility index (Phi) is 1.66. The summed E-state index contributed by atoms with van der Waals surface area (Å²) in [6.45, 7) is 0.919. The second kappa shape index (κ2) is 2.51. The van der Waals surface area contributed by atoms with Crippen LogP contribution < -0.4 is 0 Å². The molecular formula is C8H14O2. The second-order valence-electron chi connectivity index (χ2n) is 3.42. The van der Waals surface area contributed by atoms with Crippen molar-refractivity contribution in [1.82, 2.24) is 0 Å². The number of rotatable bonds is 0. The van der Waals surface area contributed by atoms with Crippen molar-refractivity contribution < 1.29 is 9.84 Å². The summed E-state index contributed by atoms with van der Waals surface area (Å²) in [5.41, 5.74) is 0. The van der Waals surface area contributed by atoms with E-state index in [2.05, 4.69) is 0 Å². The van der Waals surface area contributed by atoms with Gasteiger partial charge in [0.05, 0.1) is 12.2 Å². The third kappa shape index (κ3) is 1.06. The van der Waals surface area contributed by atoms with E-state index in [9.17, 15) is 5.11 Å². The van der Waals surface area contributed by atoms with Crippen LogP contribution in [0.3, 0.4) is 0 Å². The fourth-order valence-electron chi connectivity index (χ4n) is 2.11. The number of aliphatic hydroxyl groups excluding tert-OH is 1. The van der Waals surface area contributed by atoms with Crippen LogP contribution in [0.25, 0.3) is 0 Å². The first-order valence-electron chi connectivity index (χ1n) is 4.16. The van der Waals surface area contributed by atoms with Gasteiger partial charge in [-0.25, -0.2) is 0 Å². The van der Waals surface area contributed by atoms with E-state index in [-0.39, 0.29) is 6.10 Å². The van der Waals surface area contributed by atoms with Gasteiger partial charge in [-0.15, -0.1) is 0 Å². The minimum atomic E-state index is -0.0389. The van der Waals surface area contributed by atoms with Crippen molar-refractivity contribution in [2.24, 2.45) is 5.92 Å². The van der Waals surface area contributed by atoms with Gasteiger partial charge in [0.1, 0.15) is 0 Å². The van der Waals surface area contributed by atoms with Gasteiger partial charge >= 0.3 is 0 Å². The summed E-state index contributed by atoms with van der Waals surface area (Å²) < 4.78 is 5.49. The third-order valence-electron chi connectivity index (χ3n) is 2.71. The van der Waals surface area contributed by atoms with Gasteiger partial charge in [0.15, 0.2) is 0 Å². The van der Waals surface area contributed by atoms with E-state index in [0.717, 1.165) is 25.9 Å². The van der Waals surface area contributed by atoms with Crippen LogP contribution in [-0.4, -0.2) is 23.9 Å². The lowest BCUT2D eigenvalue weighted by molar-refractivity contribution is 0.0179. The van der Waals surface area contributed by atoms with Crippen LogP contribution in [-0.2, 0) is 4.74 Å². The van der Waals surface area contributed by atoms with Crippen molar-refractivity contribution >= 4 is 0 Å². The molecule has 0 bridgehead atoms. The van der Waals surface area contributed by atoms with Crippen molar-refractivity contribution in [3.8, 4) is 0 Å². The zero-order valence-electron chi connectivity index (χ0n) is 6.12. The Morgan fingerprint density at radius 1 is 1.20 bits per heavy atom. The molecule has 2 heteroatoms. The summed E-state index contributed by atoms with van der Waals surface area (Å²) in [5, 5.41) is 9.30. The molecule has 2 rings (SSSR count). The Bertz CT molecular complexity index is 124. The number of hydrogen-bond donors (Lipinski definition) is 1.